The number of halogens is 2. The highest BCUT2D eigenvalue weighted by molar-refractivity contribution is 6.20. The van der Waals surface area contributed by atoms with Crippen molar-refractivity contribution in [2.45, 2.75) is 26.9 Å². The summed E-state index contributed by atoms with van der Waals surface area (Å²) in [6.07, 6.45) is 3.39. The van der Waals surface area contributed by atoms with Crippen molar-refractivity contribution in [3.05, 3.63) is 95.2 Å². The van der Waals surface area contributed by atoms with Crippen LogP contribution in [-0.4, -0.2) is 32.0 Å². The zero-order valence-corrected chi connectivity index (χ0v) is 22.2. The first kappa shape index (κ1) is 26.7. The molecule has 0 amide bonds. The third kappa shape index (κ3) is 4.91. The second-order valence-corrected chi connectivity index (χ2v) is 9.00. The Hall–Kier alpha value is -4.40. The molecule has 7 nitrogen and oxygen atoms in total. The molecule has 1 aliphatic heterocycles. The minimum absolute atomic E-state index is 0.116. The van der Waals surface area contributed by atoms with Gasteiger partial charge < -0.3 is 30.0 Å². The van der Waals surface area contributed by atoms with Gasteiger partial charge in [-0.3, -0.25) is 4.98 Å². The number of aromatic nitrogens is 1. The van der Waals surface area contributed by atoms with Gasteiger partial charge in [-0.15, -0.1) is 0 Å². The first-order chi connectivity index (χ1) is 18.2. The third-order valence-electron chi connectivity index (χ3n) is 6.45. The average Bonchev–Trinajstić information content (AvgIpc) is 2.90. The van der Waals surface area contributed by atoms with Crippen LogP contribution in [0.2, 0.25) is 0 Å². The number of allylic oxidation sites excluding steroid dienone is 1. The van der Waals surface area contributed by atoms with Crippen LogP contribution >= 0.6 is 0 Å². The number of rotatable bonds is 8. The average molecular weight is 520 g/mol. The van der Waals surface area contributed by atoms with E-state index in [1.165, 1.54) is 25.2 Å². The van der Waals surface area contributed by atoms with Crippen molar-refractivity contribution in [2.75, 3.05) is 31.1 Å². The van der Waals surface area contributed by atoms with Crippen LogP contribution in [0, 0.1) is 24.0 Å². The second-order valence-electron chi connectivity index (χ2n) is 9.00. The number of pyridine rings is 1. The zero-order chi connectivity index (χ0) is 27.6. The number of aryl methyl sites for hydroxylation is 1. The number of fused-ring (bicyclic) bond motifs is 1. The van der Waals surface area contributed by atoms with Gasteiger partial charge in [-0.2, -0.15) is 0 Å². The van der Waals surface area contributed by atoms with E-state index in [2.05, 4.69) is 16.9 Å². The summed E-state index contributed by atoms with van der Waals surface area (Å²) in [4.78, 5) is 7.95. The van der Waals surface area contributed by atoms with E-state index in [9.17, 15) is 0 Å². The Morgan fingerprint density at radius 3 is 2.32 bits per heavy atom. The predicted molar refractivity (Wildman–Crippen MR) is 147 cm³/mol. The maximum atomic E-state index is 15.6. The Morgan fingerprint density at radius 1 is 1.13 bits per heavy atom. The van der Waals surface area contributed by atoms with E-state index in [0.717, 1.165) is 22.4 Å². The van der Waals surface area contributed by atoms with Gasteiger partial charge in [-0.25, -0.2) is 8.78 Å². The molecule has 0 atom stereocenters. The topological polar surface area (TPSA) is 73.7 Å². The molecule has 198 valence electrons. The SMILES string of the molecule is C=C1N(Cc2ccc(C)cc2)c2cc(/C(=C/NC)C(C)=N)ncc2CN1c1c(F)c(OC)cc(OC)c1F. The number of anilines is 2. The number of nitrogens with zero attached hydrogens (tertiary/aromatic N) is 3. The minimum atomic E-state index is -0.853. The van der Waals surface area contributed by atoms with Gasteiger partial charge in [-0.05, 0) is 25.5 Å². The van der Waals surface area contributed by atoms with E-state index in [-0.39, 0.29) is 23.7 Å². The molecular weight excluding hydrogens is 488 g/mol. The summed E-state index contributed by atoms with van der Waals surface area (Å²) in [6, 6.07) is 11.1. The maximum absolute atomic E-state index is 15.6. The smallest absolute Gasteiger partial charge is 0.191 e. The minimum Gasteiger partial charge on any atom is -0.493 e. The highest BCUT2D eigenvalue weighted by Crippen LogP contribution is 2.43. The van der Waals surface area contributed by atoms with Crippen molar-refractivity contribution in [3.8, 4) is 11.5 Å². The van der Waals surface area contributed by atoms with Gasteiger partial charge in [0.15, 0.2) is 23.1 Å². The Morgan fingerprint density at radius 2 is 1.76 bits per heavy atom. The Bertz CT molecular complexity index is 1390. The fraction of sp³-hybridized carbons (Fsp3) is 0.241. The van der Waals surface area contributed by atoms with Crippen LogP contribution in [0.15, 0.2) is 61.2 Å². The number of hydrogen-bond donors (Lipinski definition) is 2. The second kappa shape index (κ2) is 10.9. The monoisotopic (exact) mass is 519 g/mol. The number of benzene rings is 2. The summed E-state index contributed by atoms with van der Waals surface area (Å²) in [7, 11) is 4.39. The lowest BCUT2D eigenvalue weighted by Gasteiger charge is -2.41. The largest absolute Gasteiger partial charge is 0.493 e. The molecule has 0 unspecified atom stereocenters. The molecule has 0 saturated carbocycles. The normalized spacial score (nSPS) is 13.3. The van der Waals surface area contributed by atoms with Gasteiger partial charge in [0.1, 0.15) is 11.5 Å². The lowest BCUT2D eigenvalue weighted by Crippen LogP contribution is -2.40. The van der Waals surface area contributed by atoms with E-state index < -0.39 is 11.6 Å². The van der Waals surface area contributed by atoms with Crippen LogP contribution in [0.3, 0.4) is 0 Å². The molecule has 2 heterocycles. The van der Waals surface area contributed by atoms with Gasteiger partial charge in [0.25, 0.3) is 0 Å². The molecule has 0 saturated heterocycles. The maximum Gasteiger partial charge on any atom is 0.191 e. The molecule has 2 aromatic carbocycles. The first-order valence-electron chi connectivity index (χ1n) is 12.0. The quantitative estimate of drug-likeness (QED) is 0.368. The van der Waals surface area contributed by atoms with Crippen LogP contribution < -0.4 is 24.6 Å². The molecule has 1 aliphatic rings. The van der Waals surface area contributed by atoms with Crippen LogP contribution in [-0.2, 0) is 13.1 Å². The molecule has 2 N–H and O–H groups in total. The van der Waals surface area contributed by atoms with Crippen LogP contribution in [0.25, 0.3) is 5.57 Å². The molecule has 4 rings (SSSR count). The first-order valence-corrected chi connectivity index (χ1v) is 12.0. The van der Waals surface area contributed by atoms with E-state index in [1.807, 2.05) is 42.2 Å². The van der Waals surface area contributed by atoms with E-state index >= 15 is 8.78 Å². The van der Waals surface area contributed by atoms with Gasteiger partial charge >= 0.3 is 0 Å². The van der Waals surface area contributed by atoms with Crippen LogP contribution in [0.5, 0.6) is 11.5 Å². The molecule has 9 heteroatoms. The summed E-state index contributed by atoms with van der Waals surface area (Å²) >= 11 is 0. The van der Waals surface area contributed by atoms with Crippen molar-refractivity contribution < 1.29 is 18.3 Å². The highest BCUT2D eigenvalue weighted by Gasteiger charge is 2.33. The van der Waals surface area contributed by atoms with Crippen molar-refractivity contribution in [1.29, 1.82) is 5.41 Å². The molecule has 0 fully saturated rings. The summed E-state index contributed by atoms with van der Waals surface area (Å²) in [5, 5.41) is 11.2. The van der Waals surface area contributed by atoms with E-state index in [0.29, 0.717) is 29.3 Å². The van der Waals surface area contributed by atoms with Gasteiger partial charge in [-0.1, -0.05) is 36.4 Å². The Kier molecular flexibility index (Phi) is 7.66. The van der Waals surface area contributed by atoms with Crippen molar-refractivity contribution in [1.82, 2.24) is 10.3 Å². The molecular formula is C29H31F2N5O2. The lowest BCUT2D eigenvalue weighted by molar-refractivity contribution is 0.358. The third-order valence-corrected chi connectivity index (χ3v) is 6.45. The number of ether oxygens (including phenoxy) is 2. The number of nitrogens with one attached hydrogen (secondary N) is 2. The van der Waals surface area contributed by atoms with Crippen molar-refractivity contribution in [3.63, 3.8) is 0 Å². The Labute approximate surface area is 221 Å². The van der Waals surface area contributed by atoms with Crippen LogP contribution in [0.4, 0.5) is 20.2 Å². The standard InChI is InChI=1S/C29H31F2N5O2/c1-17-7-9-20(10-8-17)15-35-19(3)36(29-27(30)25(37-5)12-26(38-6)28(29)31)16-21-13-34-23(11-24(21)35)22(14-33-4)18(2)32/h7-14,32-33H,3,15-16H2,1-2,4-6H3/b22-14+,32-18?. The van der Waals surface area contributed by atoms with Crippen LogP contribution in [0.1, 0.15) is 29.3 Å². The van der Waals surface area contributed by atoms with Gasteiger partial charge in [0, 0.05) is 48.9 Å². The molecule has 3 aromatic rings. The summed E-state index contributed by atoms with van der Waals surface area (Å²) in [6.45, 7) is 8.46. The molecule has 1 aromatic heterocycles. The molecule has 0 aliphatic carbocycles. The lowest BCUT2D eigenvalue weighted by atomic mass is 10.0. The zero-order valence-electron chi connectivity index (χ0n) is 22.2. The summed E-state index contributed by atoms with van der Waals surface area (Å²) in [5.41, 5.74) is 4.89. The summed E-state index contributed by atoms with van der Waals surface area (Å²) < 4.78 is 41.4. The Balaban J connectivity index is 1.89. The fourth-order valence-electron chi connectivity index (χ4n) is 4.43. The van der Waals surface area contributed by atoms with Crippen molar-refractivity contribution in [2.24, 2.45) is 0 Å². The van der Waals surface area contributed by atoms with E-state index in [4.69, 9.17) is 14.9 Å². The van der Waals surface area contributed by atoms with E-state index in [1.54, 1.807) is 26.4 Å². The number of methoxy groups -OCH3 is 2. The molecule has 0 spiro atoms. The van der Waals surface area contributed by atoms with Gasteiger partial charge in [0.2, 0.25) is 0 Å². The highest BCUT2D eigenvalue weighted by atomic mass is 19.1. The fourth-order valence-corrected chi connectivity index (χ4v) is 4.43. The number of hydrogen-bond acceptors (Lipinski definition) is 7. The molecule has 38 heavy (non-hydrogen) atoms. The van der Waals surface area contributed by atoms with Gasteiger partial charge in [0.05, 0.1) is 32.1 Å². The summed E-state index contributed by atoms with van der Waals surface area (Å²) in [5.74, 6) is -1.62. The molecule has 0 bridgehead atoms. The molecule has 0 radical (unpaired) electrons. The van der Waals surface area contributed by atoms with Crippen molar-refractivity contribution >= 4 is 22.7 Å². The predicted octanol–water partition coefficient (Wildman–Crippen LogP) is 5.78.